The first-order valence-electron chi connectivity index (χ1n) is 6.70. The SMILES string of the molecule is CCC(CC(=O)NCCC(C)N)c1ccccc1. The normalized spacial score (nSPS) is 13.9. The lowest BCUT2D eigenvalue weighted by atomic mass is 9.93. The molecule has 1 aromatic rings. The van der Waals surface area contributed by atoms with Crippen molar-refractivity contribution in [1.82, 2.24) is 5.32 Å². The van der Waals surface area contributed by atoms with Crippen LogP contribution in [0.15, 0.2) is 30.3 Å². The summed E-state index contributed by atoms with van der Waals surface area (Å²) in [7, 11) is 0. The molecule has 3 N–H and O–H groups in total. The molecule has 2 unspecified atom stereocenters. The summed E-state index contributed by atoms with van der Waals surface area (Å²) >= 11 is 0. The van der Waals surface area contributed by atoms with Crippen molar-refractivity contribution < 1.29 is 4.79 Å². The molecule has 1 aromatic carbocycles. The van der Waals surface area contributed by atoms with Crippen LogP contribution in [0.25, 0.3) is 0 Å². The Bertz CT molecular complexity index is 349. The molecular weight excluding hydrogens is 224 g/mol. The monoisotopic (exact) mass is 248 g/mol. The molecule has 0 spiro atoms. The van der Waals surface area contributed by atoms with E-state index in [4.69, 9.17) is 5.73 Å². The minimum absolute atomic E-state index is 0.117. The first-order chi connectivity index (χ1) is 8.63. The van der Waals surface area contributed by atoms with Gasteiger partial charge in [0.1, 0.15) is 0 Å². The van der Waals surface area contributed by atoms with Crippen LogP contribution in [-0.2, 0) is 4.79 Å². The van der Waals surface area contributed by atoms with E-state index in [1.165, 1.54) is 5.56 Å². The lowest BCUT2D eigenvalue weighted by Gasteiger charge is -2.15. The zero-order valence-corrected chi connectivity index (χ0v) is 11.4. The zero-order valence-electron chi connectivity index (χ0n) is 11.4. The van der Waals surface area contributed by atoms with Crippen molar-refractivity contribution in [3.63, 3.8) is 0 Å². The van der Waals surface area contributed by atoms with Gasteiger partial charge in [0, 0.05) is 19.0 Å². The lowest BCUT2D eigenvalue weighted by Crippen LogP contribution is -2.29. The van der Waals surface area contributed by atoms with Gasteiger partial charge in [-0.25, -0.2) is 0 Å². The topological polar surface area (TPSA) is 55.1 Å². The van der Waals surface area contributed by atoms with Crippen molar-refractivity contribution in [2.75, 3.05) is 6.54 Å². The van der Waals surface area contributed by atoms with Crippen LogP contribution in [0.5, 0.6) is 0 Å². The minimum Gasteiger partial charge on any atom is -0.356 e. The highest BCUT2D eigenvalue weighted by Gasteiger charge is 2.13. The van der Waals surface area contributed by atoms with E-state index < -0.39 is 0 Å². The van der Waals surface area contributed by atoms with Crippen molar-refractivity contribution in [3.05, 3.63) is 35.9 Å². The van der Waals surface area contributed by atoms with E-state index in [0.29, 0.717) is 18.9 Å². The standard InChI is InChI=1S/C15H24N2O/c1-3-13(14-7-5-4-6-8-14)11-15(18)17-10-9-12(2)16/h4-8,12-13H,3,9-11,16H2,1-2H3,(H,17,18). The molecule has 0 aliphatic rings. The Morgan fingerprint density at radius 1 is 1.33 bits per heavy atom. The smallest absolute Gasteiger partial charge is 0.220 e. The summed E-state index contributed by atoms with van der Waals surface area (Å²) in [6.45, 7) is 4.74. The van der Waals surface area contributed by atoms with Crippen molar-refractivity contribution in [3.8, 4) is 0 Å². The fourth-order valence-electron chi connectivity index (χ4n) is 1.96. The molecule has 0 bridgehead atoms. The Labute approximate surface area is 110 Å². The summed E-state index contributed by atoms with van der Waals surface area (Å²) in [6.07, 6.45) is 2.36. The summed E-state index contributed by atoms with van der Waals surface area (Å²) < 4.78 is 0. The maximum atomic E-state index is 11.8. The third-order valence-corrected chi connectivity index (χ3v) is 3.12. The largest absolute Gasteiger partial charge is 0.356 e. The third-order valence-electron chi connectivity index (χ3n) is 3.12. The van der Waals surface area contributed by atoms with Gasteiger partial charge in [0.25, 0.3) is 0 Å². The van der Waals surface area contributed by atoms with Crippen LogP contribution in [0.3, 0.4) is 0 Å². The second-order valence-corrected chi connectivity index (χ2v) is 4.84. The number of benzene rings is 1. The van der Waals surface area contributed by atoms with Gasteiger partial charge in [-0.1, -0.05) is 37.3 Å². The molecule has 0 saturated heterocycles. The lowest BCUT2D eigenvalue weighted by molar-refractivity contribution is -0.121. The van der Waals surface area contributed by atoms with Crippen LogP contribution in [0.2, 0.25) is 0 Å². The molecule has 1 rings (SSSR count). The van der Waals surface area contributed by atoms with Gasteiger partial charge in [-0.15, -0.1) is 0 Å². The van der Waals surface area contributed by atoms with Crippen molar-refractivity contribution >= 4 is 5.91 Å². The first-order valence-corrected chi connectivity index (χ1v) is 6.70. The Morgan fingerprint density at radius 3 is 2.56 bits per heavy atom. The van der Waals surface area contributed by atoms with Gasteiger partial charge in [0.2, 0.25) is 5.91 Å². The average Bonchev–Trinajstić information content (AvgIpc) is 2.36. The number of hydrogen-bond donors (Lipinski definition) is 2. The molecule has 3 heteroatoms. The average molecular weight is 248 g/mol. The van der Waals surface area contributed by atoms with Crippen LogP contribution >= 0.6 is 0 Å². The summed E-state index contributed by atoms with van der Waals surface area (Å²) in [4.78, 5) is 11.8. The minimum atomic E-state index is 0.117. The maximum absolute atomic E-state index is 11.8. The molecule has 0 aromatic heterocycles. The van der Waals surface area contributed by atoms with Crippen LogP contribution in [0.1, 0.15) is 44.6 Å². The van der Waals surface area contributed by atoms with E-state index >= 15 is 0 Å². The van der Waals surface area contributed by atoms with E-state index in [1.807, 2.05) is 25.1 Å². The van der Waals surface area contributed by atoms with Gasteiger partial charge in [-0.05, 0) is 31.2 Å². The fraction of sp³-hybridized carbons (Fsp3) is 0.533. The van der Waals surface area contributed by atoms with Crippen molar-refractivity contribution in [2.24, 2.45) is 5.73 Å². The molecule has 2 atom stereocenters. The Balaban J connectivity index is 2.41. The van der Waals surface area contributed by atoms with Gasteiger partial charge in [-0.2, -0.15) is 0 Å². The molecule has 3 nitrogen and oxygen atoms in total. The van der Waals surface area contributed by atoms with Crippen molar-refractivity contribution in [2.45, 2.75) is 45.1 Å². The van der Waals surface area contributed by atoms with Gasteiger partial charge in [0.15, 0.2) is 0 Å². The number of nitrogens with one attached hydrogen (secondary N) is 1. The third kappa shape index (κ3) is 5.32. The van der Waals surface area contributed by atoms with Crippen LogP contribution in [0, 0.1) is 0 Å². The number of hydrogen-bond acceptors (Lipinski definition) is 2. The highest BCUT2D eigenvalue weighted by atomic mass is 16.1. The van der Waals surface area contributed by atoms with E-state index in [0.717, 1.165) is 12.8 Å². The highest BCUT2D eigenvalue weighted by Crippen LogP contribution is 2.22. The second-order valence-electron chi connectivity index (χ2n) is 4.84. The predicted octanol–water partition coefficient (Wildman–Crippen LogP) is 2.42. The van der Waals surface area contributed by atoms with Crippen LogP contribution < -0.4 is 11.1 Å². The summed E-state index contributed by atoms with van der Waals surface area (Å²) in [6, 6.07) is 10.4. The molecule has 0 aliphatic carbocycles. The number of amides is 1. The van der Waals surface area contributed by atoms with E-state index in [-0.39, 0.29) is 11.9 Å². The van der Waals surface area contributed by atoms with Gasteiger partial charge >= 0.3 is 0 Å². The predicted molar refractivity (Wildman–Crippen MR) is 75.4 cm³/mol. The van der Waals surface area contributed by atoms with Gasteiger partial charge in [0.05, 0.1) is 0 Å². The molecule has 0 saturated carbocycles. The van der Waals surface area contributed by atoms with Gasteiger partial charge < -0.3 is 11.1 Å². The molecule has 0 heterocycles. The number of carbonyl (C=O) groups is 1. The Morgan fingerprint density at radius 2 is 2.00 bits per heavy atom. The molecule has 100 valence electrons. The highest BCUT2D eigenvalue weighted by molar-refractivity contribution is 5.76. The molecule has 18 heavy (non-hydrogen) atoms. The second kappa shape index (κ2) is 7.88. The van der Waals surface area contributed by atoms with Gasteiger partial charge in [-0.3, -0.25) is 4.79 Å². The van der Waals surface area contributed by atoms with Crippen LogP contribution in [0.4, 0.5) is 0 Å². The fourth-order valence-corrected chi connectivity index (χ4v) is 1.96. The van der Waals surface area contributed by atoms with Crippen molar-refractivity contribution in [1.29, 1.82) is 0 Å². The van der Waals surface area contributed by atoms with E-state index in [2.05, 4.69) is 24.4 Å². The number of carbonyl (C=O) groups excluding carboxylic acids is 1. The summed E-state index contributed by atoms with van der Waals surface area (Å²) in [5.41, 5.74) is 6.88. The summed E-state index contributed by atoms with van der Waals surface area (Å²) in [5, 5.41) is 2.93. The number of nitrogens with two attached hydrogens (primary N) is 1. The quantitative estimate of drug-likeness (QED) is 0.778. The Hall–Kier alpha value is -1.35. The van der Waals surface area contributed by atoms with Crippen LogP contribution in [-0.4, -0.2) is 18.5 Å². The molecule has 1 amide bonds. The summed E-state index contributed by atoms with van der Waals surface area (Å²) in [5.74, 6) is 0.424. The van der Waals surface area contributed by atoms with E-state index in [9.17, 15) is 4.79 Å². The van der Waals surface area contributed by atoms with E-state index in [1.54, 1.807) is 0 Å². The maximum Gasteiger partial charge on any atom is 0.220 e. The molecule has 0 fully saturated rings. The number of rotatable bonds is 7. The molecule has 0 radical (unpaired) electrons. The Kier molecular flexibility index (Phi) is 6.44. The molecule has 0 aliphatic heterocycles. The zero-order chi connectivity index (χ0) is 13.4. The molecular formula is C15H24N2O. The first kappa shape index (κ1) is 14.7.